The molecule has 0 unspecified atom stereocenters. The van der Waals surface area contributed by atoms with Crippen LogP contribution in [-0.4, -0.2) is 26.5 Å². The van der Waals surface area contributed by atoms with Gasteiger partial charge in [-0.1, -0.05) is 6.92 Å². The van der Waals surface area contributed by atoms with E-state index in [1.807, 2.05) is 24.8 Å². The fourth-order valence-corrected chi connectivity index (χ4v) is 1.64. The smallest absolute Gasteiger partial charge is 0.115 e. The molecular formula is C12H15N5. The van der Waals surface area contributed by atoms with Crippen molar-refractivity contribution in [2.24, 2.45) is 0 Å². The zero-order valence-corrected chi connectivity index (χ0v) is 9.74. The second kappa shape index (κ2) is 6.00. The van der Waals surface area contributed by atoms with Gasteiger partial charge in [-0.05, 0) is 13.0 Å². The summed E-state index contributed by atoms with van der Waals surface area (Å²) in [5.41, 5.74) is 2.05. The molecule has 0 saturated carbocycles. The molecule has 17 heavy (non-hydrogen) atoms. The standard InChI is InChI=1S/C12H15N5/c1-2-3-17-12(10-4-13-8-14-5-10)11-6-15-9-16-7-11/h4-9,12,17H,2-3H2,1H3. The number of nitrogens with zero attached hydrogens (tertiary/aromatic N) is 4. The number of hydrogen-bond donors (Lipinski definition) is 1. The maximum atomic E-state index is 4.05. The first-order valence-electron chi connectivity index (χ1n) is 5.65. The van der Waals surface area contributed by atoms with Gasteiger partial charge in [0.05, 0.1) is 6.04 Å². The highest BCUT2D eigenvalue weighted by Crippen LogP contribution is 2.18. The van der Waals surface area contributed by atoms with Gasteiger partial charge in [0, 0.05) is 35.9 Å². The van der Waals surface area contributed by atoms with Gasteiger partial charge < -0.3 is 5.32 Å². The Kier molecular flexibility index (Phi) is 4.10. The third-order valence-electron chi connectivity index (χ3n) is 2.43. The molecule has 2 heterocycles. The van der Waals surface area contributed by atoms with Crippen molar-refractivity contribution in [3.63, 3.8) is 0 Å². The first-order chi connectivity index (χ1) is 8.42. The highest BCUT2D eigenvalue weighted by Gasteiger charge is 2.13. The zero-order valence-electron chi connectivity index (χ0n) is 9.74. The molecule has 2 rings (SSSR count). The first-order valence-corrected chi connectivity index (χ1v) is 5.65. The Balaban J connectivity index is 2.26. The van der Waals surface area contributed by atoms with Crippen molar-refractivity contribution in [3.8, 4) is 0 Å². The van der Waals surface area contributed by atoms with E-state index in [2.05, 4.69) is 32.2 Å². The Labute approximate surface area is 100 Å². The minimum Gasteiger partial charge on any atom is -0.306 e. The summed E-state index contributed by atoms with van der Waals surface area (Å²) in [6.45, 7) is 3.06. The molecule has 0 fully saturated rings. The molecular weight excluding hydrogens is 214 g/mol. The van der Waals surface area contributed by atoms with E-state index in [-0.39, 0.29) is 6.04 Å². The molecule has 0 radical (unpaired) electrons. The van der Waals surface area contributed by atoms with Crippen molar-refractivity contribution in [2.75, 3.05) is 6.54 Å². The summed E-state index contributed by atoms with van der Waals surface area (Å²) in [5, 5.41) is 3.44. The molecule has 0 aliphatic rings. The number of rotatable bonds is 5. The molecule has 0 saturated heterocycles. The van der Waals surface area contributed by atoms with E-state index < -0.39 is 0 Å². The molecule has 2 aromatic rings. The van der Waals surface area contributed by atoms with Crippen LogP contribution in [0.3, 0.4) is 0 Å². The third kappa shape index (κ3) is 3.04. The normalized spacial score (nSPS) is 10.7. The number of nitrogens with one attached hydrogen (secondary N) is 1. The van der Waals surface area contributed by atoms with E-state index in [0.29, 0.717) is 0 Å². The summed E-state index contributed by atoms with van der Waals surface area (Å²) in [7, 11) is 0. The summed E-state index contributed by atoms with van der Waals surface area (Å²) in [4.78, 5) is 16.2. The average molecular weight is 229 g/mol. The molecule has 5 heteroatoms. The van der Waals surface area contributed by atoms with Crippen molar-refractivity contribution < 1.29 is 0 Å². The van der Waals surface area contributed by atoms with Crippen LogP contribution in [-0.2, 0) is 0 Å². The Bertz CT molecular complexity index is 392. The summed E-state index contributed by atoms with van der Waals surface area (Å²) >= 11 is 0. The minimum absolute atomic E-state index is 0.0531. The van der Waals surface area contributed by atoms with Crippen molar-refractivity contribution in [1.29, 1.82) is 0 Å². The molecule has 0 bridgehead atoms. The highest BCUT2D eigenvalue weighted by atomic mass is 14.9. The second-order valence-electron chi connectivity index (χ2n) is 3.73. The molecule has 5 nitrogen and oxygen atoms in total. The predicted molar refractivity (Wildman–Crippen MR) is 64.2 cm³/mol. The fraction of sp³-hybridized carbons (Fsp3) is 0.333. The van der Waals surface area contributed by atoms with Crippen LogP contribution in [0.4, 0.5) is 0 Å². The van der Waals surface area contributed by atoms with Crippen LogP contribution < -0.4 is 5.32 Å². The lowest BCUT2D eigenvalue weighted by Crippen LogP contribution is -2.23. The van der Waals surface area contributed by atoms with E-state index in [0.717, 1.165) is 24.1 Å². The lowest BCUT2D eigenvalue weighted by Gasteiger charge is -2.17. The van der Waals surface area contributed by atoms with Gasteiger partial charge in [-0.15, -0.1) is 0 Å². The molecule has 1 N–H and O–H groups in total. The van der Waals surface area contributed by atoms with Gasteiger partial charge in [-0.2, -0.15) is 0 Å². The molecule has 0 atom stereocenters. The SMILES string of the molecule is CCCNC(c1cncnc1)c1cncnc1. The summed E-state index contributed by atoms with van der Waals surface area (Å²) < 4.78 is 0. The summed E-state index contributed by atoms with van der Waals surface area (Å²) in [6, 6.07) is 0.0531. The van der Waals surface area contributed by atoms with E-state index in [4.69, 9.17) is 0 Å². The van der Waals surface area contributed by atoms with Crippen LogP contribution in [0.15, 0.2) is 37.4 Å². The van der Waals surface area contributed by atoms with Crippen LogP contribution in [0.25, 0.3) is 0 Å². The lowest BCUT2D eigenvalue weighted by atomic mass is 10.0. The Morgan fingerprint density at radius 3 is 1.82 bits per heavy atom. The van der Waals surface area contributed by atoms with Gasteiger partial charge in [-0.25, -0.2) is 19.9 Å². The van der Waals surface area contributed by atoms with E-state index in [1.165, 1.54) is 12.7 Å². The monoisotopic (exact) mass is 229 g/mol. The Hall–Kier alpha value is -1.88. The van der Waals surface area contributed by atoms with Crippen LogP contribution in [0, 0.1) is 0 Å². The average Bonchev–Trinajstić information content (AvgIpc) is 2.42. The van der Waals surface area contributed by atoms with Crippen molar-refractivity contribution in [1.82, 2.24) is 25.3 Å². The van der Waals surface area contributed by atoms with E-state index in [1.54, 1.807) is 0 Å². The maximum Gasteiger partial charge on any atom is 0.115 e. The quantitative estimate of drug-likeness (QED) is 0.838. The van der Waals surface area contributed by atoms with Crippen molar-refractivity contribution >= 4 is 0 Å². The van der Waals surface area contributed by atoms with Crippen molar-refractivity contribution in [3.05, 3.63) is 48.6 Å². The van der Waals surface area contributed by atoms with Crippen LogP contribution in [0.2, 0.25) is 0 Å². The highest BCUT2D eigenvalue weighted by molar-refractivity contribution is 5.24. The van der Waals surface area contributed by atoms with Crippen LogP contribution in [0.1, 0.15) is 30.5 Å². The van der Waals surface area contributed by atoms with E-state index in [9.17, 15) is 0 Å². The maximum absolute atomic E-state index is 4.05. The summed E-state index contributed by atoms with van der Waals surface area (Å²) in [6.07, 6.45) is 11.4. The third-order valence-corrected chi connectivity index (χ3v) is 2.43. The number of aromatic nitrogens is 4. The topological polar surface area (TPSA) is 63.6 Å². The molecule has 0 aliphatic carbocycles. The lowest BCUT2D eigenvalue weighted by molar-refractivity contribution is 0.591. The van der Waals surface area contributed by atoms with E-state index >= 15 is 0 Å². The van der Waals surface area contributed by atoms with Gasteiger partial charge in [0.1, 0.15) is 12.7 Å². The molecule has 0 aliphatic heterocycles. The molecule has 2 aromatic heterocycles. The Morgan fingerprint density at radius 1 is 0.941 bits per heavy atom. The fourth-order valence-electron chi connectivity index (χ4n) is 1.64. The van der Waals surface area contributed by atoms with Crippen LogP contribution in [0.5, 0.6) is 0 Å². The zero-order chi connectivity index (χ0) is 11.9. The molecule has 0 aromatic carbocycles. The second-order valence-corrected chi connectivity index (χ2v) is 3.73. The van der Waals surface area contributed by atoms with Gasteiger partial charge in [0.25, 0.3) is 0 Å². The van der Waals surface area contributed by atoms with Gasteiger partial charge in [0.15, 0.2) is 0 Å². The van der Waals surface area contributed by atoms with Gasteiger partial charge >= 0.3 is 0 Å². The first kappa shape index (κ1) is 11.6. The van der Waals surface area contributed by atoms with Gasteiger partial charge in [0.2, 0.25) is 0 Å². The minimum atomic E-state index is 0.0531. The predicted octanol–water partition coefficient (Wildman–Crippen LogP) is 1.36. The largest absolute Gasteiger partial charge is 0.306 e. The molecule has 88 valence electrons. The molecule has 0 amide bonds. The number of hydrogen-bond acceptors (Lipinski definition) is 5. The van der Waals surface area contributed by atoms with Crippen LogP contribution >= 0.6 is 0 Å². The van der Waals surface area contributed by atoms with Crippen molar-refractivity contribution in [2.45, 2.75) is 19.4 Å². The molecule has 0 spiro atoms. The van der Waals surface area contributed by atoms with Gasteiger partial charge in [-0.3, -0.25) is 0 Å². The summed E-state index contributed by atoms with van der Waals surface area (Å²) in [5.74, 6) is 0. The Morgan fingerprint density at radius 2 is 1.41 bits per heavy atom.